The van der Waals surface area contributed by atoms with Crippen LogP contribution in [0.4, 0.5) is 0 Å². The van der Waals surface area contributed by atoms with Crippen molar-refractivity contribution in [3.8, 4) is 0 Å². The van der Waals surface area contributed by atoms with Gasteiger partial charge in [0, 0.05) is 5.33 Å². The van der Waals surface area contributed by atoms with Gasteiger partial charge in [-0.2, -0.15) is 0 Å². The zero-order chi connectivity index (χ0) is 9.19. The summed E-state index contributed by atoms with van der Waals surface area (Å²) in [6, 6.07) is 0. The number of hydrogen-bond donors (Lipinski definition) is 0. The Balaban J connectivity index is 2.67. The van der Waals surface area contributed by atoms with Gasteiger partial charge in [0.1, 0.15) is 0 Å². The molecule has 0 saturated heterocycles. The fourth-order valence-corrected chi connectivity index (χ4v) is 3.00. The molecule has 0 spiro atoms. The Bertz CT molecular complexity index is 162. The van der Waals surface area contributed by atoms with Gasteiger partial charge < -0.3 is 0 Å². The van der Waals surface area contributed by atoms with Crippen molar-refractivity contribution in [2.45, 2.75) is 33.6 Å². The highest BCUT2D eigenvalue weighted by atomic mass is 79.9. The summed E-state index contributed by atoms with van der Waals surface area (Å²) in [5, 5.41) is 1.15. The first-order valence-electron chi connectivity index (χ1n) is 4.83. The zero-order valence-corrected chi connectivity index (χ0v) is 9.89. The monoisotopic (exact) mass is 230 g/mol. The molecule has 0 heterocycles. The van der Waals surface area contributed by atoms with Crippen LogP contribution in [0.25, 0.3) is 0 Å². The molecule has 0 aromatic carbocycles. The minimum Gasteiger partial charge on any atom is -0.0922 e. The van der Waals surface area contributed by atoms with E-state index >= 15 is 0 Å². The molecular weight excluding hydrogens is 212 g/mol. The van der Waals surface area contributed by atoms with Crippen LogP contribution < -0.4 is 0 Å². The largest absolute Gasteiger partial charge is 0.0922 e. The summed E-state index contributed by atoms with van der Waals surface area (Å²) in [5.74, 6) is 1.61. The molecule has 0 amide bonds. The second-order valence-corrected chi connectivity index (χ2v) is 4.97. The van der Waals surface area contributed by atoms with Crippen molar-refractivity contribution in [1.29, 1.82) is 0 Å². The summed E-state index contributed by atoms with van der Waals surface area (Å²) in [6.07, 6.45) is 7.19. The Morgan fingerprint density at radius 3 is 2.08 bits per heavy atom. The van der Waals surface area contributed by atoms with Gasteiger partial charge in [0.25, 0.3) is 0 Å². The predicted molar refractivity (Wildman–Crippen MR) is 58.6 cm³/mol. The molecular formula is C11H19Br. The van der Waals surface area contributed by atoms with Crippen LogP contribution >= 0.6 is 15.9 Å². The molecule has 1 unspecified atom stereocenters. The third-order valence-corrected chi connectivity index (χ3v) is 4.56. The summed E-state index contributed by atoms with van der Waals surface area (Å²) in [4.78, 5) is 0. The second-order valence-electron chi connectivity index (χ2n) is 4.41. The van der Waals surface area contributed by atoms with Gasteiger partial charge in [-0.3, -0.25) is 0 Å². The van der Waals surface area contributed by atoms with Gasteiger partial charge >= 0.3 is 0 Å². The fraction of sp³-hybridized carbons (Fsp3) is 0.818. The van der Waals surface area contributed by atoms with E-state index in [0.29, 0.717) is 5.41 Å². The molecule has 0 fully saturated rings. The Morgan fingerprint density at radius 2 is 1.75 bits per heavy atom. The van der Waals surface area contributed by atoms with Crippen LogP contribution in [0, 0.1) is 17.3 Å². The standard InChI is InChI=1S/C11H19Br/c1-9(2)10(3)11(8-12)6-4-5-7-11/h4-5,9-10H,6-8H2,1-3H3. The van der Waals surface area contributed by atoms with Crippen LogP contribution in [-0.2, 0) is 0 Å². The van der Waals surface area contributed by atoms with E-state index in [4.69, 9.17) is 0 Å². The Morgan fingerprint density at radius 1 is 1.25 bits per heavy atom. The van der Waals surface area contributed by atoms with Gasteiger partial charge in [-0.15, -0.1) is 0 Å². The second kappa shape index (κ2) is 3.95. The van der Waals surface area contributed by atoms with E-state index in [2.05, 4.69) is 48.9 Å². The molecule has 1 atom stereocenters. The van der Waals surface area contributed by atoms with E-state index in [1.54, 1.807) is 0 Å². The Labute approximate surface area is 84.6 Å². The maximum atomic E-state index is 3.66. The van der Waals surface area contributed by atoms with Gasteiger partial charge in [-0.1, -0.05) is 48.9 Å². The minimum atomic E-state index is 0.522. The average Bonchev–Trinajstić information content (AvgIpc) is 2.52. The van der Waals surface area contributed by atoms with E-state index in [1.807, 2.05) is 0 Å². The molecule has 1 aliphatic rings. The van der Waals surface area contributed by atoms with Crippen molar-refractivity contribution < 1.29 is 0 Å². The fourth-order valence-electron chi connectivity index (χ4n) is 2.03. The quantitative estimate of drug-likeness (QED) is 0.508. The average molecular weight is 231 g/mol. The van der Waals surface area contributed by atoms with Crippen molar-refractivity contribution in [2.24, 2.45) is 17.3 Å². The summed E-state index contributed by atoms with van der Waals surface area (Å²) in [6.45, 7) is 7.04. The topological polar surface area (TPSA) is 0 Å². The van der Waals surface area contributed by atoms with Crippen LogP contribution in [0.5, 0.6) is 0 Å². The van der Waals surface area contributed by atoms with E-state index < -0.39 is 0 Å². The van der Waals surface area contributed by atoms with E-state index in [9.17, 15) is 0 Å². The third-order valence-electron chi connectivity index (χ3n) is 3.45. The molecule has 0 radical (unpaired) electrons. The lowest BCUT2D eigenvalue weighted by Gasteiger charge is -2.36. The van der Waals surface area contributed by atoms with Crippen LogP contribution in [0.2, 0.25) is 0 Å². The number of hydrogen-bond acceptors (Lipinski definition) is 0. The number of allylic oxidation sites excluding steroid dienone is 2. The maximum absolute atomic E-state index is 3.66. The van der Waals surface area contributed by atoms with Crippen molar-refractivity contribution in [3.63, 3.8) is 0 Å². The lowest BCUT2D eigenvalue weighted by atomic mass is 9.71. The number of alkyl halides is 1. The molecule has 70 valence electrons. The summed E-state index contributed by atoms with van der Waals surface area (Å²) in [7, 11) is 0. The Kier molecular flexibility index (Phi) is 3.39. The molecule has 0 aliphatic heterocycles. The van der Waals surface area contributed by atoms with Gasteiger partial charge in [-0.25, -0.2) is 0 Å². The lowest BCUT2D eigenvalue weighted by molar-refractivity contribution is 0.174. The first kappa shape index (κ1) is 10.3. The van der Waals surface area contributed by atoms with Gasteiger partial charge in [0.05, 0.1) is 0 Å². The smallest absolute Gasteiger partial charge is 0.00965 e. The molecule has 0 bridgehead atoms. The van der Waals surface area contributed by atoms with E-state index in [-0.39, 0.29) is 0 Å². The first-order valence-corrected chi connectivity index (χ1v) is 5.95. The van der Waals surface area contributed by atoms with Crippen molar-refractivity contribution in [1.82, 2.24) is 0 Å². The highest BCUT2D eigenvalue weighted by molar-refractivity contribution is 9.09. The van der Waals surface area contributed by atoms with Gasteiger partial charge in [-0.05, 0) is 30.1 Å². The molecule has 0 aromatic rings. The SMILES string of the molecule is CC(C)C(C)C1(CBr)CC=CC1. The summed E-state index contributed by atoms with van der Waals surface area (Å²) < 4.78 is 0. The molecule has 1 aliphatic carbocycles. The summed E-state index contributed by atoms with van der Waals surface area (Å²) >= 11 is 3.66. The zero-order valence-electron chi connectivity index (χ0n) is 8.31. The molecule has 0 aromatic heterocycles. The first-order chi connectivity index (χ1) is 5.62. The van der Waals surface area contributed by atoms with Crippen LogP contribution in [0.1, 0.15) is 33.6 Å². The van der Waals surface area contributed by atoms with Gasteiger partial charge in [0.2, 0.25) is 0 Å². The highest BCUT2D eigenvalue weighted by Crippen LogP contribution is 2.44. The minimum absolute atomic E-state index is 0.522. The van der Waals surface area contributed by atoms with Crippen LogP contribution in [-0.4, -0.2) is 5.33 Å². The number of halogens is 1. The summed E-state index contributed by atoms with van der Waals surface area (Å²) in [5.41, 5.74) is 0.522. The molecule has 0 saturated carbocycles. The van der Waals surface area contributed by atoms with Crippen molar-refractivity contribution >= 4 is 15.9 Å². The van der Waals surface area contributed by atoms with Crippen molar-refractivity contribution in [3.05, 3.63) is 12.2 Å². The predicted octanol–water partition coefficient (Wildman–Crippen LogP) is 4.01. The normalized spacial score (nSPS) is 23.4. The molecule has 1 rings (SSSR count). The van der Waals surface area contributed by atoms with Crippen LogP contribution in [0.3, 0.4) is 0 Å². The molecule has 12 heavy (non-hydrogen) atoms. The van der Waals surface area contributed by atoms with Crippen molar-refractivity contribution in [2.75, 3.05) is 5.33 Å². The van der Waals surface area contributed by atoms with E-state index in [1.165, 1.54) is 12.8 Å². The van der Waals surface area contributed by atoms with Gasteiger partial charge in [0.15, 0.2) is 0 Å². The third kappa shape index (κ3) is 1.76. The lowest BCUT2D eigenvalue weighted by Crippen LogP contribution is -2.31. The molecule has 0 N–H and O–H groups in total. The molecule has 1 heteroatoms. The Hall–Kier alpha value is 0.220. The van der Waals surface area contributed by atoms with E-state index in [0.717, 1.165) is 17.2 Å². The molecule has 0 nitrogen and oxygen atoms in total. The maximum Gasteiger partial charge on any atom is 0.00965 e. The number of rotatable bonds is 3. The highest BCUT2D eigenvalue weighted by Gasteiger charge is 2.36. The van der Waals surface area contributed by atoms with Crippen LogP contribution in [0.15, 0.2) is 12.2 Å².